The van der Waals surface area contributed by atoms with Gasteiger partial charge in [0.1, 0.15) is 5.75 Å². The number of para-hydroxylation sites is 1. The van der Waals surface area contributed by atoms with Crippen molar-refractivity contribution in [2.24, 2.45) is 0 Å². The molecule has 0 spiro atoms. The first-order valence-electron chi connectivity index (χ1n) is 8.81. The first kappa shape index (κ1) is 19.2. The topological polar surface area (TPSA) is 68.4 Å². The van der Waals surface area contributed by atoms with Crippen molar-refractivity contribution in [1.29, 1.82) is 0 Å². The van der Waals surface area contributed by atoms with E-state index >= 15 is 0 Å². The van der Waals surface area contributed by atoms with Crippen LogP contribution in [0, 0.1) is 0 Å². The molecule has 0 radical (unpaired) electrons. The molecular weight excluding hydrogens is 360 g/mol. The minimum absolute atomic E-state index is 0.162. The van der Waals surface area contributed by atoms with Crippen molar-refractivity contribution < 1.29 is 14.3 Å². The third-order valence-corrected chi connectivity index (χ3v) is 4.60. The van der Waals surface area contributed by atoms with Crippen LogP contribution in [0.4, 0.5) is 0 Å². The van der Waals surface area contributed by atoms with Crippen LogP contribution in [0.2, 0.25) is 0 Å². The van der Waals surface area contributed by atoms with Crippen LogP contribution in [0.5, 0.6) is 5.75 Å². The van der Waals surface area contributed by atoms with Gasteiger partial charge < -0.3 is 14.3 Å². The summed E-state index contributed by atoms with van der Waals surface area (Å²) in [5, 5.41) is 17.0. The van der Waals surface area contributed by atoms with Crippen molar-refractivity contribution in [3.05, 3.63) is 72.1 Å². The summed E-state index contributed by atoms with van der Waals surface area (Å²) in [6, 6.07) is 17.7. The number of aliphatic hydroxyl groups is 1. The zero-order chi connectivity index (χ0) is 18.7. The first-order valence-corrected chi connectivity index (χ1v) is 9.96. The summed E-state index contributed by atoms with van der Waals surface area (Å²) in [5.74, 6) is 3.53. The molecule has 0 amide bonds. The molecule has 0 fully saturated rings. The normalized spacial score (nSPS) is 11.1. The van der Waals surface area contributed by atoms with Crippen LogP contribution in [0.1, 0.15) is 17.9 Å². The van der Waals surface area contributed by atoms with Gasteiger partial charge in [0.25, 0.3) is 0 Å². The number of rotatable bonds is 10. The monoisotopic (exact) mass is 382 g/mol. The van der Waals surface area contributed by atoms with Gasteiger partial charge in [-0.1, -0.05) is 42.5 Å². The lowest BCUT2D eigenvalue weighted by molar-refractivity contribution is 0.303. The summed E-state index contributed by atoms with van der Waals surface area (Å²) in [6.07, 6.45) is 4.58. The largest absolute Gasteiger partial charge is 0.493 e. The lowest BCUT2D eigenvalue weighted by Gasteiger charge is -2.04. The van der Waals surface area contributed by atoms with Gasteiger partial charge in [-0.2, -0.15) is 0 Å². The summed E-state index contributed by atoms with van der Waals surface area (Å²) in [6.45, 7) is 0.802. The quantitative estimate of drug-likeness (QED) is 0.523. The number of aliphatic hydroxyl groups excluding tert-OH is 1. The number of nitrogens with zero attached hydrogens (tertiary/aromatic N) is 2. The Kier molecular flexibility index (Phi) is 7.50. The minimum atomic E-state index is 0.162. The number of aromatic nitrogens is 2. The predicted octanol–water partition coefficient (Wildman–Crippen LogP) is 4.44. The van der Waals surface area contributed by atoms with Gasteiger partial charge in [0.05, 0.1) is 12.4 Å². The molecule has 0 saturated carbocycles. The highest BCUT2D eigenvalue weighted by atomic mass is 32.2. The second-order valence-electron chi connectivity index (χ2n) is 5.75. The van der Waals surface area contributed by atoms with Gasteiger partial charge in [-0.3, -0.25) is 0 Å². The van der Waals surface area contributed by atoms with Gasteiger partial charge in [-0.15, -0.1) is 22.0 Å². The first-order chi connectivity index (χ1) is 13.3. The van der Waals surface area contributed by atoms with Crippen molar-refractivity contribution in [3.63, 3.8) is 0 Å². The van der Waals surface area contributed by atoms with Crippen LogP contribution in [0.3, 0.4) is 0 Å². The Labute approximate surface area is 163 Å². The molecule has 3 aromatic rings. The molecule has 0 bridgehead atoms. The van der Waals surface area contributed by atoms with Gasteiger partial charge >= 0.3 is 0 Å². The molecule has 0 aliphatic heterocycles. The molecule has 1 heterocycles. The summed E-state index contributed by atoms with van der Waals surface area (Å²) < 4.78 is 11.4. The third-order valence-electron chi connectivity index (χ3n) is 3.70. The zero-order valence-corrected chi connectivity index (χ0v) is 15.8. The Bertz CT molecular complexity index is 832. The van der Waals surface area contributed by atoms with Gasteiger partial charge in [0.15, 0.2) is 0 Å². The Balaban J connectivity index is 1.44. The van der Waals surface area contributed by atoms with Gasteiger partial charge in [0, 0.05) is 17.9 Å². The van der Waals surface area contributed by atoms with E-state index in [2.05, 4.69) is 10.2 Å². The molecule has 5 nitrogen and oxygen atoms in total. The number of hydrogen-bond acceptors (Lipinski definition) is 6. The van der Waals surface area contributed by atoms with Gasteiger partial charge in [-0.25, -0.2) is 0 Å². The van der Waals surface area contributed by atoms with Crippen molar-refractivity contribution in [2.75, 3.05) is 19.0 Å². The van der Waals surface area contributed by atoms with E-state index in [9.17, 15) is 0 Å². The van der Waals surface area contributed by atoms with Crippen LogP contribution in [-0.4, -0.2) is 34.3 Å². The summed E-state index contributed by atoms with van der Waals surface area (Å²) in [7, 11) is 0. The fourth-order valence-corrected chi connectivity index (χ4v) is 2.99. The van der Waals surface area contributed by atoms with E-state index in [1.165, 1.54) is 0 Å². The van der Waals surface area contributed by atoms with Crippen LogP contribution in [0.15, 0.2) is 65.1 Å². The van der Waals surface area contributed by atoms with Crippen molar-refractivity contribution in [1.82, 2.24) is 10.2 Å². The van der Waals surface area contributed by atoms with Gasteiger partial charge in [-0.05, 0) is 36.2 Å². The Morgan fingerprint density at radius 3 is 2.63 bits per heavy atom. The second-order valence-corrected chi connectivity index (χ2v) is 6.86. The molecule has 1 N–H and O–H groups in total. The lowest BCUT2D eigenvalue weighted by atomic mass is 10.1. The molecule has 0 aliphatic carbocycles. The van der Waals surface area contributed by atoms with E-state index in [0.717, 1.165) is 22.6 Å². The maximum absolute atomic E-state index is 8.80. The molecule has 27 heavy (non-hydrogen) atoms. The number of ether oxygens (including phenoxy) is 1. The van der Waals surface area contributed by atoms with E-state index in [0.29, 0.717) is 30.6 Å². The van der Waals surface area contributed by atoms with Crippen molar-refractivity contribution >= 4 is 17.8 Å². The SMILES string of the molecule is OCCC=Cc1ccc(-c2nnc(CSCCOc3ccccc3)o2)cc1. The maximum atomic E-state index is 8.80. The average molecular weight is 382 g/mol. The standard InChI is InChI=1S/C21H22N2O3S/c24-13-5-4-6-17-9-11-18(12-10-17)21-23-22-20(26-21)16-27-15-14-25-19-7-2-1-3-8-19/h1-4,6-12,24H,5,13-16H2. The van der Waals surface area contributed by atoms with E-state index in [1.807, 2.05) is 66.7 Å². The number of benzene rings is 2. The second kappa shape index (κ2) is 10.5. The number of hydrogen-bond donors (Lipinski definition) is 1. The highest BCUT2D eigenvalue weighted by molar-refractivity contribution is 7.98. The Morgan fingerprint density at radius 2 is 1.85 bits per heavy atom. The van der Waals surface area contributed by atoms with Crippen LogP contribution >= 0.6 is 11.8 Å². The lowest BCUT2D eigenvalue weighted by Crippen LogP contribution is -2.00. The van der Waals surface area contributed by atoms with E-state index in [1.54, 1.807) is 11.8 Å². The molecule has 0 saturated heterocycles. The highest BCUT2D eigenvalue weighted by Crippen LogP contribution is 2.21. The average Bonchev–Trinajstić information content (AvgIpc) is 3.18. The molecule has 1 aromatic heterocycles. The summed E-state index contributed by atoms with van der Waals surface area (Å²) >= 11 is 1.70. The molecule has 0 aliphatic rings. The summed E-state index contributed by atoms with van der Waals surface area (Å²) in [5.41, 5.74) is 1.96. The fourth-order valence-electron chi connectivity index (χ4n) is 2.35. The Hall–Kier alpha value is -2.57. The molecule has 0 atom stereocenters. The van der Waals surface area contributed by atoms with Crippen molar-refractivity contribution in [3.8, 4) is 17.2 Å². The third kappa shape index (κ3) is 6.27. The molecule has 2 aromatic carbocycles. The summed E-state index contributed by atoms with van der Waals surface area (Å²) in [4.78, 5) is 0. The van der Waals surface area contributed by atoms with Crippen LogP contribution in [0.25, 0.3) is 17.5 Å². The van der Waals surface area contributed by atoms with Crippen LogP contribution in [-0.2, 0) is 5.75 Å². The van der Waals surface area contributed by atoms with E-state index in [-0.39, 0.29) is 6.61 Å². The van der Waals surface area contributed by atoms with Crippen molar-refractivity contribution in [2.45, 2.75) is 12.2 Å². The zero-order valence-electron chi connectivity index (χ0n) is 15.0. The van der Waals surface area contributed by atoms with Gasteiger partial charge in [0.2, 0.25) is 11.8 Å². The van der Waals surface area contributed by atoms with E-state index in [4.69, 9.17) is 14.3 Å². The minimum Gasteiger partial charge on any atom is -0.493 e. The molecule has 140 valence electrons. The maximum Gasteiger partial charge on any atom is 0.247 e. The predicted molar refractivity (Wildman–Crippen MR) is 109 cm³/mol. The number of thioether (sulfide) groups is 1. The highest BCUT2D eigenvalue weighted by Gasteiger charge is 2.08. The molecule has 0 unspecified atom stereocenters. The molecule has 3 rings (SSSR count). The van der Waals surface area contributed by atoms with Crippen LogP contribution < -0.4 is 4.74 Å². The smallest absolute Gasteiger partial charge is 0.247 e. The molecule has 6 heteroatoms. The Morgan fingerprint density at radius 1 is 1.04 bits per heavy atom. The fraction of sp³-hybridized carbons (Fsp3) is 0.238. The molecular formula is C21H22N2O3S. The van der Waals surface area contributed by atoms with E-state index < -0.39 is 0 Å².